The van der Waals surface area contributed by atoms with Gasteiger partial charge in [0, 0.05) is 11.1 Å². The van der Waals surface area contributed by atoms with E-state index in [0.29, 0.717) is 12.5 Å². The van der Waals surface area contributed by atoms with Crippen LogP contribution >= 0.6 is 0 Å². The molecule has 2 aromatic rings. The molecule has 0 amide bonds. The van der Waals surface area contributed by atoms with Gasteiger partial charge in [-0.25, -0.2) is 0 Å². The first-order valence-electron chi connectivity index (χ1n) is 6.48. The Kier molecular flexibility index (Phi) is 3.62. The highest BCUT2D eigenvalue weighted by Gasteiger charge is 2.17. The molecule has 3 nitrogen and oxygen atoms in total. The van der Waals surface area contributed by atoms with Crippen molar-refractivity contribution in [3.05, 3.63) is 29.0 Å². The zero-order chi connectivity index (χ0) is 13.3. The predicted octanol–water partition coefficient (Wildman–Crippen LogP) is 3.11. The van der Waals surface area contributed by atoms with Gasteiger partial charge >= 0.3 is 0 Å². The number of nitrogens with one attached hydrogen (secondary N) is 1. The van der Waals surface area contributed by atoms with E-state index >= 15 is 0 Å². The molecule has 0 aliphatic carbocycles. The molecule has 0 aliphatic rings. The predicted molar refractivity (Wildman–Crippen MR) is 76.4 cm³/mol. The maximum Gasteiger partial charge on any atom is 0.142 e. The highest BCUT2D eigenvalue weighted by molar-refractivity contribution is 5.92. The van der Waals surface area contributed by atoms with E-state index in [1.54, 1.807) is 7.11 Å². The normalized spacial score (nSPS) is 11.4. The van der Waals surface area contributed by atoms with Crippen LogP contribution in [-0.2, 0) is 6.42 Å². The van der Waals surface area contributed by atoms with Gasteiger partial charge in [0.2, 0.25) is 0 Å². The number of aromatic amines is 1. The van der Waals surface area contributed by atoms with Gasteiger partial charge in [0.05, 0.1) is 12.6 Å². The molecule has 1 heterocycles. The first-order valence-corrected chi connectivity index (χ1v) is 6.48. The van der Waals surface area contributed by atoms with Crippen molar-refractivity contribution in [1.29, 1.82) is 0 Å². The Hall–Kier alpha value is -1.48. The molecule has 18 heavy (non-hydrogen) atoms. The maximum absolute atomic E-state index is 5.76. The fourth-order valence-corrected chi connectivity index (χ4v) is 2.61. The molecular weight excluding hydrogens is 224 g/mol. The van der Waals surface area contributed by atoms with E-state index in [-0.39, 0.29) is 0 Å². The number of ether oxygens (including phenoxy) is 1. The van der Waals surface area contributed by atoms with E-state index in [1.807, 2.05) is 6.07 Å². The van der Waals surface area contributed by atoms with E-state index < -0.39 is 0 Å². The lowest BCUT2D eigenvalue weighted by Crippen LogP contribution is -2.05. The first kappa shape index (κ1) is 13.0. The number of rotatable bonds is 4. The molecule has 0 spiro atoms. The summed E-state index contributed by atoms with van der Waals surface area (Å²) in [6, 6.07) is 4.13. The second-order valence-corrected chi connectivity index (χ2v) is 5.05. The van der Waals surface area contributed by atoms with Crippen LogP contribution in [0.4, 0.5) is 0 Å². The van der Waals surface area contributed by atoms with Crippen LogP contribution in [0.1, 0.15) is 36.6 Å². The largest absolute Gasteiger partial charge is 0.495 e. The Bertz CT molecular complexity index is 555. The molecule has 2 rings (SSSR count). The summed E-state index contributed by atoms with van der Waals surface area (Å²) in [4.78, 5) is 3.53. The number of aromatic nitrogens is 1. The number of nitrogens with two attached hydrogens (primary N) is 1. The maximum atomic E-state index is 5.76. The van der Waals surface area contributed by atoms with Gasteiger partial charge in [-0.3, -0.25) is 0 Å². The second kappa shape index (κ2) is 5.02. The number of hydrogen-bond acceptors (Lipinski definition) is 2. The molecule has 0 radical (unpaired) electrons. The molecule has 0 aliphatic heterocycles. The summed E-state index contributed by atoms with van der Waals surface area (Å²) in [7, 11) is 1.71. The van der Waals surface area contributed by atoms with Crippen molar-refractivity contribution in [2.24, 2.45) is 5.73 Å². The van der Waals surface area contributed by atoms with Crippen LogP contribution < -0.4 is 10.5 Å². The van der Waals surface area contributed by atoms with E-state index in [0.717, 1.165) is 17.7 Å². The molecule has 0 saturated carbocycles. The molecule has 98 valence electrons. The molecule has 0 bridgehead atoms. The lowest BCUT2D eigenvalue weighted by atomic mass is 9.98. The summed E-state index contributed by atoms with van der Waals surface area (Å²) in [5.74, 6) is 1.36. The molecule has 0 unspecified atom stereocenters. The minimum Gasteiger partial charge on any atom is -0.495 e. The molecule has 0 saturated heterocycles. The van der Waals surface area contributed by atoms with Crippen molar-refractivity contribution in [2.45, 2.75) is 33.1 Å². The van der Waals surface area contributed by atoms with Gasteiger partial charge in [-0.1, -0.05) is 19.9 Å². The zero-order valence-electron chi connectivity index (χ0n) is 11.6. The quantitative estimate of drug-likeness (QED) is 0.871. The number of hydrogen-bond donors (Lipinski definition) is 2. The zero-order valence-corrected chi connectivity index (χ0v) is 11.6. The molecule has 0 fully saturated rings. The Morgan fingerprint density at radius 3 is 2.61 bits per heavy atom. The monoisotopic (exact) mass is 246 g/mol. The smallest absolute Gasteiger partial charge is 0.142 e. The minimum atomic E-state index is 0.461. The van der Waals surface area contributed by atoms with Gasteiger partial charge in [0.15, 0.2) is 0 Å². The van der Waals surface area contributed by atoms with E-state index in [2.05, 4.69) is 31.8 Å². The fourth-order valence-electron chi connectivity index (χ4n) is 2.61. The van der Waals surface area contributed by atoms with Crippen LogP contribution in [0.3, 0.4) is 0 Å². The van der Waals surface area contributed by atoms with Crippen molar-refractivity contribution in [2.75, 3.05) is 13.7 Å². The number of fused-ring (bicyclic) bond motifs is 1. The van der Waals surface area contributed by atoms with Crippen LogP contribution in [0.15, 0.2) is 12.1 Å². The number of benzene rings is 1. The SMILES string of the molecule is COc1ccc(C)c2c(CCN)c(C(C)C)[nH]c12. The summed E-state index contributed by atoms with van der Waals surface area (Å²) < 4.78 is 5.45. The lowest BCUT2D eigenvalue weighted by Gasteiger charge is -2.07. The average Bonchev–Trinajstić information content (AvgIpc) is 2.71. The van der Waals surface area contributed by atoms with Crippen LogP contribution in [-0.4, -0.2) is 18.6 Å². The Morgan fingerprint density at radius 2 is 2.06 bits per heavy atom. The van der Waals surface area contributed by atoms with Gasteiger partial charge < -0.3 is 15.5 Å². The van der Waals surface area contributed by atoms with Crippen LogP contribution in [0.25, 0.3) is 10.9 Å². The molecule has 1 aromatic heterocycles. The van der Waals surface area contributed by atoms with E-state index in [9.17, 15) is 0 Å². The summed E-state index contributed by atoms with van der Waals surface area (Å²) >= 11 is 0. The third-order valence-corrected chi connectivity index (χ3v) is 3.45. The van der Waals surface area contributed by atoms with Crippen LogP contribution in [0, 0.1) is 6.92 Å². The standard InChI is InChI=1S/C15H22N2O/c1-9(2)14-11(7-8-16)13-10(3)5-6-12(18-4)15(13)17-14/h5-6,9,17H,7-8,16H2,1-4H3. The Morgan fingerprint density at radius 1 is 1.33 bits per heavy atom. The van der Waals surface area contributed by atoms with E-state index in [4.69, 9.17) is 10.5 Å². The van der Waals surface area contributed by atoms with Crippen molar-refractivity contribution < 1.29 is 4.74 Å². The number of methoxy groups -OCH3 is 1. The van der Waals surface area contributed by atoms with Gasteiger partial charge in [-0.2, -0.15) is 0 Å². The average molecular weight is 246 g/mol. The van der Waals surface area contributed by atoms with Gasteiger partial charge in [-0.15, -0.1) is 0 Å². The Balaban J connectivity index is 2.79. The first-order chi connectivity index (χ1) is 8.60. The van der Waals surface area contributed by atoms with Crippen molar-refractivity contribution in [1.82, 2.24) is 4.98 Å². The molecular formula is C15H22N2O. The van der Waals surface area contributed by atoms with E-state index in [1.165, 1.54) is 22.2 Å². The summed E-state index contributed by atoms with van der Waals surface area (Å²) in [5, 5.41) is 1.28. The number of aryl methyl sites for hydroxylation is 1. The minimum absolute atomic E-state index is 0.461. The van der Waals surface area contributed by atoms with Crippen LogP contribution in [0.2, 0.25) is 0 Å². The lowest BCUT2D eigenvalue weighted by molar-refractivity contribution is 0.419. The van der Waals surface area contributed by atoms with Crippen LogP contribution in [0.5, 0.6) is 5.75 Å². The van der Waals surface area contributed by atoms with Gasteiger partial charge in [0.1, 0.15) is 5.75 Å². The van der Waals surface area contributed by atoms with Crippen molar-refractivity contribution >= 4 is 10.9 Å². The van der Waals surface area contributed by atoms with Gasteiger partial charge in [0.25, 0.3) is 0 Å². The summed E-state index contributed by atoms with van der Waals surface area (Å²) in [6.45, 7) is 7.21. The third-order valence-electron chi connectivity index (χ3n) is 3.45. The van der Waals surface area contributed by atoms with Crippen molar-refractivity contribution in [3.63, 3.8) is 0 Å². The molecule has 3 heteroatoms. The summed E-state index contributed by atoms with van der Waals surface area (Å²) in [6.07, 6.45) is 0.904. The van der Waals surface area contributed by atoms with Crippen molar-refractivity contribution in [3.8, 4) is 5.75 Å². The molecule has 3 N–H and O–H groups in total. The number of H-pyrrole nitrogens is 1. The molecule has 1 aromatic carbocycles. The topological polar surface area (TPSA) is 51.0 Å². The highest BCUT2D eigenvalue weighted by atomic mass is 16.5. The fraction of sp³-hybridized carbons (Fsp3) is 0.467. The third kappa shape index (κ3) is 1.99. The van der Waals surface area contributed by atoms with Gasteiger partial charge in [-0.05, 0) is 43.0 Å². The summed E-state index contributed by atoms with van der Waals surface area (Å²) in [5.41, 5.74) is 10.8. The Labute approximate surface area is 108 Å². The second-order valence-electron chi connectivity index (χ2n) is 5.05. The highest BCUT2D eigenvalue weighted by Crippen LogP contribution is 2.35. The molecule has 0 atom stereocenters.